The van der Waals surface area contributed by atoms with E-state index in [-0.39, 0.29) is 93.2 Å². The molecular weight excluding hydrogens is 1390 g/mol. The first kappa shape index (κ1) is 78.4. The molecule has 0 spiro atoms. The number of H-pyrrole nitrogens is 1. The minimum atomic E-state index is -0.627. The van der Waals surface area contributed by atoms with Gasteiger partial charge in [0.1, 0.15) is 22.4 Å². The minimum absolute atomic E-state index is 0. The van der Waals surface area contributed by atoms with Crippen LogP contribution in [-0.2, 0) is 34.9 Å². The first-order chi connectivity index (χ1) is 51.1. The Hall–Kier alpha value is -12.2. The van der Waals surface area contributed by atoms with E-state index in [1.54, 1.807) is 73.8 Å². The number of fused-ring (bicyclic) bond motifs is 5. The maximum absolute atomic E-state index is 14.1. The van der Waals surface area contributed by atoms with Gasteiger partial charge in [0, 0.05) is 138 Å². The van der Waals surface area contributed by atoms with Crippen LogP contribution in [0.2, 0.25) is 0 Å². The number of esters is 3. The number of carbonyl (C=O) groups is 6. The Morgan fingerprint density at radius 1 is 0.426 bits per heavy atom. The molecule has 3 saturated heterocycles. The Bertz CT molecular complexity index is 5440. The summed E-state index contributed by atoms with van der Waals surface area (Å²) in [6.07, 6.45) is 3.20. The van der Waals surface area contributed by atoms with Gasteiger partial charge in [-0.3, -0.25) is 33.8 Å². The van der Waals surface area contributed by atoms with Crippen LogP contribution in [0, 0.1) is 0 Å². The number of hydrogen-bond acceptors (Lipinski definition) is 17. The van der Waals surface area contributed by atoms with Crippen molar-refractivity contribution in [1.29, 1.82) is 0 Å². The number of amides is 3. The van der Waals surface area contributed by atoms with Crippen LogP contribution in [0.3, 0.4) is 0 Å². The second kappa shape index (κ2) is 34.8. The molecule has 3 amide bonds. The van der Waals surface area contributed by atoms with Gasteiger partial charge in [0.15, 0.2) is 0 Å². The molecule has 3 aliphatic rings. The fourth-order valence-corrected chi connectivity index (χ4v) is 14.9. The number of rotatable bonds is 14. The van der Waals surface area contributed by atoms with E-state index in [0.29, 0.717) is 118 Å². The molecule has 0 bridgehead atoms. The predicted molar refractivity (Wildman–Crippen MR) is 429 cm³/mol. The molecule has 3 fully saturated rings. The third kappa shape index (κ3) is 15.9. The molecule has 108 heavy (non-hydrogen) atoms. The second-order valence-electron chi connectivity index (χ2n) is 25.5. The number of nitrogens with one attached hydrogen (secondary N) is 1. The second-order valence-corrected chi connectivity index (χ2v) is 26.5. The van der Waals surface area contributed by atoms with Crippen LogP contribution < -0.4 is 31.4 Å². The third-order valence-electron chi connectivity index (χ3n) is 19.4. The zero-order valence-electron chi connectivity index (χ0n) is 59.0. The van der Waals surface area contributed by atoms with E-state index in [9.17, 15) is 43.2 Å². The number of anilines is 3. The molecule has 0 radical (unpaired) electrons. The molecule has 1 N–H and O–H groups in total. The largest absolute Gasteiger partial charge is 0.462 e. The van der Waals surface area contributed by atoms with E-state index < -0.39 is 17.9 Å². The maximum Gasteiger partial charge on any atom is 0.345 e. The van der Waals surface area contributed by atoms with Crippen molar-refractivity contribution in [2.24, 2.45) is 14.1 Å². The molecule has 560 valence electrons. The first-order valence-electron chi connectivity index (χ1n) is 35.1. The molecule has 0 saturated carbocycles. The van der Waals surface area contributed by atoms with Crippen LogP contribution in [0.5, 0.6) is 0 Å². The van der Waals surface area contributed by atoms with Gasteiger partial charge in [0.25, 0.3) is 34.4 Å². The zero-order chi connectivity index (χ0) is 73.4. The Morgan fingerprint density at radius 3 is 1.31 bits per heavy atom. The van der Waals surface area contributed by atoms with Gasteiger partial charge in [0.05, 0.1) is 64.9 Å². The summed E-state index contributed by atoms with van der Waals surface area (Å²) in [5.74, 6) is -1.98. The zero-order valence-corrected chi connectivity index (χ0v) is 59.8. The number of aromatic nitrogens is 5. The van der Waals surface area contributed by atoms with Crippen molar-refractivity contribution in [3.8, 4) is 0 Å². The van der Waals surface area contributed by atoms with Crippen molar-refractivity contribution in [3.05, 3.63) is 257 Å². The number of hydrogen-bond donors (Lipinski definition) is 1. The van der Waals surface area contributed by atoms with Gasteiger partial charge < -0.3 is 62.3 Å². The number of piperazine rings is 3. The van der Waals surface area contributed by atoms with Gasteiger partial charge in [-0.25, -0.2) is 14.4 Å². The van der Waals surface area contributed by atoms with Crippen LogP contribution in [0.25, 0.3) is 54.4 Å². The number of carbonyl (C=O) groups excluding carboxylic acids is 6. The van der Waals surface area contributed by atoms with Crippen molar-refractivity contribution in [2.45, 2.75) is 49.6 Å². The molecule has 23 nitrogen and oxygen atoms in total. The molecule has 0 aliphatic carbocycles. The molecule has 0 atom stereocenters. The summed E-state index contributed by atoms with van der Waals surface area (Å²) in [5, 5.41) is 7.54. The third-order valence-corrected chi connectivity index (χ3v) is 20.2. The highest BCUT2D eigenvalue weighted by atomic mass is 32.1. The topological polar surface area (TPSA) is 244 Å². The molecule has 3 aliphatic heterocycles. The fraction of sp³-hybridized carbons (Fsp3) is 0.286. The summed E-state index contributed by atoms with van der Waals surface area (Å²) in [7, 11) is 3.32. The van der Waals surface area contributed by atoms with Crippen molar-refractivity contribution in [2.75, 3.05) is 113 Å². The lowest BCUT2D eigenvalue weighted by atomic mass is 10.0. The van der Waals surface area contributed by atoms with E-state index in [2.05, 4.69) is 39.1 Å². The van der Waals surface area contributed by atoms with E-state index >= 15 is 0 Å². The highest BCUT2D eigenvalue weighted by molar-refractivity contribution is 7.12. The first-order valence-corrected chi connectivity index (χ1v) is 36.0. The number of aryl methyl sites for hydroxylation is 2. The van der Waals surface area contributed by atoms with Crippen LogP contribution >= 0.6 is 11.3 Å². The monoisotopic (exact) mass is 1480 g/mol. The van der Waals surface area contributed by atoms with E-state index in [1.807, 2.05) is 154 Å². The average Bonchev–Trinajstić information content (AvgIpc) is 0.935. The molecule has 6 aromatic carbocycles. The van der Waals surface area contributed by atoms with E-state index in [1.165, 1.54) is 20.5 Å². The Kier molecular flexibility index (Phi) is 25.3. The minimum Gasteiger partial charge on any atom is -0.462 e. The van der Waals surface area contributed by atoms with Crippen molar-refractivity contribution in [1.82, 2.24) is 38.4 Å². The molecule has 9 heterocycles. The highest BCUT2D eigenvalue weighted by Gasteiger charge is 2.34. The summed E-state index contributed by atoms with van der Waals surface area (Å²) in [5.41, 5.74) is 5.98. The molecule has 12 aromatic rings. The maximum atomic E-state index is 14.1. The Balaban J connectivity index is 0.000000172. The van der Waals surface area contributed by atoms with E-state index in [4.69, 9.17) is 14.2 Å². The number of aromatic amines is 1. The molecule has 15 rings (SSSR count). The van der Waals surface area contributed by atoms with Crippen LogP contribution in [0.4, 0.5) is 17.1 Å². The van der Waals surface area contributed by atoms with Gasteiger partial charge in [-0.05, 0) is 97.1 Å². The Morgan fingerprint density at radius 2 is 0.843 bits per heavy atom. The summed E-state index contributed by atoms with van der Waals surface area (Å²) in [6.45, 7) is 11.9. The standard InChI is InChI=1S/C32H29N3O4S.C26H26N4O4.C23H24N4O4.3CH4/c1-2-39-32(38)28-29(33-15-17-34(18-16-33)30(36)27-12-7-19-40-27)25-10-5-6-11-26(25)35(31(28)37)21-22-13-14-23-8-3-4-9-24(23)20-22;1-3-34-26(33)22-23(18-9-5-7-11-21(18)28(2)25(22)32)29-12-14-30(15-13-29)24(31)20-16-17-8-4-6-10-19(17)27-20;1-3-31-23(30)19-20(17-6-4-5-7-18(17)25(2)22(19)29)26-12-14-27(15-13-26)21(28)16-8-10-24-11-9-16;;;/h3-14,19-20H,2,15-18,21H2,1H3;4-11,16,27H,3,12-15H2,1-2H3;4-11H,3,12-15H2,1-2H3;3*1H4. The van der Waals surface area contributed by atoms with Crippen LogP contribution in [0.1, 0.15) is 110 Å². The lowest BCUT2D eigenvalue weighted by Gasteiger charge is -2.37. The van der Waals surface area contributed by atoms with Crippen LogP contribution in [-0.4, -0.2) is 172 Å². The number of pyridine rings is 4. The summed E-state index contributed by atoms with van der Waals surface area (Å²) >= 11 is 1.43. The molecule has 6 aromatic heterocycles. The highest BCUT2D eigenvalue weighted by Crippen LogP contribution is 2.35. The number of thiophene rings is 1. The molecule has 0 unspecified atom stereocenters. The van der Waals surface area contributed by atoms with Gasteiger partial charge in [0.2, 0.25) is 0 Å². The van der Waals surface area contributed by atoms with Crippen molar-refractivity contribution < 1.29 is 43.0 Å². The number of benzene rings is 6. The van der Waals surface area contributed by atoms with Gasteiger partial charge >= 0.3 is 17.9 Å². The number of ether oxygens (including phenoxy) is 3. The van der Waals surface area contributed by atoms with Gasteiger partial charge in [-0.2, -0.15) is 0 Å². The smallest absolute Gasteiger partial charge is 0.345 e. The summed E-state index contributed by atoms with van der Waals surface area (Å²) in [6, 6.07) is 53.8. The van der Waals surface area contributed by atoms with Gasteiger partial charge in [-0.15, -0.1) is 11.3 Å². The number of nitrogens with zero attached hydrogens (tertiary/aromatic N) is 10. The summed E-state index contributed by atoms with van der Waals surface area (Å²) < 4.78 is 20.5. The normalized spacial score (nSPS) is 13.5. The lowest BCUT2D eigenvalue weighted by molar-refractivity contribution is 0.0514. The molecule has 24 heteroatoms. The van der Waals surface area contributed by atoms with E-state index in [0.717, 1.165) is 59.9 Å². The lowest BCUT2D eigenvalue weighted by Crippen LogP contribution is -2.49. The Labute approximate surface area is 630 Å². The van der Waals surface area contributed by atoms with Crippen molar-refractivity contribution in [3.63, 3.8) is 0 Å². The average molecular weight is 1480 g/mol. The number of para-hydroxylation sites is 4. The van der Waals surface area contributed by atoms with Crippen molar-refractivity contribution >= 4 is 118 Å². The summed E-state index contributed by atoms with van der Waals surface area (Å²) in [4.78, 5) is 137. The fourth-order valence-electron chi connectivity index (χ4n) is 14.2. The SMILES string of the molecule is C.C.C.CCOC(=O)c1c(N2CCN(C(=O)c3cc4ccccc4[nH]3)CC2)c2ccccc2n(C)c1=O.CCOC(=O)c1c(N2CCN(C(=O)c3cccs3)CC2)c2ccccc2n(Cc2ccc3ccccc3c2)c1=O.CCOC(=O)c1c(N2CCN(C(=O)c3ccncc3)CC2)c2ccccc2n(C)c1=O. The molecular formula is C84H91N11O12S. The quantitative estimate of drug-likeness (QED) is 0.0785. The predicted octanol–water partition coefficient (Wildman–Crippen LogP) is 12.5. The van der Waals surface area contributed by atoms with Gasteiger partial charge in [-0.1, -0.05) is 138 Å². The van der Waals surface area contributed by atoms with Crippen LogP contribution in [0.15, 0.2) is 202 Å².